The second kappa shape index (κ2) is 4.15. The van der Waals surface area contributed by atoms with E-state index in [2.05, 4.69) is 0 Å². The van der Waals surface area contributed by atoms with Crippen molar-refractivity contribution in [2.75, 3.05) is 0 Å². The fourth-order valence-corrected chi connectivity index (χ4v) is 2.29. The number of ketones is 1. The summed E-state index contributed by atoms with van der Waals surface area (Å²) in [6.45, 7) is 0. The van der Waals surface area contributed by atoms with Gasteiger partial charge in [-0.3, -0.25) is 4.79 Å². The van der Waals surface area contributed by atoms with Crippen LogP contribution in [0.5, 0.6) is 0 Å². The molecule has 1 saturated carbocycles. The van der Waals surface area contributed by atoms with Gasteiger partial charge in [0.1, 0.15) is 0 Å². The number of rotatable bonds is 2. The third kappa shape index (κ3) is 2.10. The van der Waals surface area contributed by atoms with Gasteiger partial charge in [-0.15, -0.1) is 0 Å². The normalized spacial score (nSPS) is 19.8. The van der Waals surface area contributed by atoms with E-state index >= 15 is 0 Å². The lowest BCUT2D eigenvalue weighted by Crippen LogP contribution is -2.49. The Balaban J connectivity index is 2.20. The molecule has 0 amide bonds. The molecule has 2 heteroatoms. The van der Waals surface area contributed by atoms with E-state index in [0.717, 1.165) is 31.2 Å². The van der Waals surface area contributed by atoms with Crippen molar-refractivity contribution in [1.29, 1.82) is 0 Å². The van der Waals surface area contributed by atoms with E-state index in [1.54, 1.807) is 0 Å². The van der Waals surface area contributed by atoms with Crippen LogP contribution in [0.25, 0.3) is 0 Å². The van der Waals surface area contributed by atoms with Gasteiger partial charge in [0, 0.05) is 5.56 Å². The largest absolute Gasteiger partial charge is 0.319 e. The quantitative estimate of drug-likeness (QED) is 0.750. The second-order valence-electron chi connectivity index (χ2n) is 4.41. The fraction of sp³-hybridized carbons (Fsp3) is 0.462. The zero-order valence-corrected chi connectivity index (χ0v) is 8.91. The van der Waals surface area contributed by atoms with Gasteiger partial charge in [-0.05, 0) is 12.8 Å². The van der Waals surface area contributed by atoms with Gasteiger partial charge in [0.05, 0.1) is 5.54 Å². The van der Waals surface area contributed by atoms with Crippen LogP contribution in [-0.4, -0.2) is 11.3 Å². The summed E-state index contributed by atoms with van der Waals surface area (Å²) in [5.74, 6) is 0.114. The number of carbonyl (C=O) groups is 1. The summed E-state index contributed by atoms with van der Waals surface area (Å²) in [6.07, 6.45) is 5.03. The number of carbonyl (C=O) groups excluding carboxylic acids is 1. The summed E-state index contributed by atoms with van der Waals surface area (Å²) in [4.78, 5) is 12.2. The first-order valence-electron chi connectivity index (χ1n) is 5.61. The predicted octanol–water partition coefficient (Wildman–Crippen LogP) is 2.53. The summed E-state index contributed by atoms with van der Waals surface area (Å²) < 4.78 is 0. The van der Waals surface area contributed by atoms with Gasteiger partial charge in [0.25, 0.3) is 0 Å². The van der Waals surface area contributed by atoms with Crippen LogP contribution >= 0.6 is 0 Å². The topological polar surface area (TPSA) is 43.1 Å². The molecule has 1 fully saturated rings. The molecule has 2 N–H and O–H groups in total. The Kier molecular flexibility index (Phi) is 2.87. The standard InChI is InChI=1S/C13H17NO/c14-13(9-5-2-6-10-13)12(15)11-7-3-1-4-8-11/h1,3-4,7-8H,2,5-6,9-10,14H2. The monoisotopic (exact) mass is 203 g/mol. The Morgan fingerprint density at radius 3 is 2.27 bits per heavy atom. The van der Waals surface area contributed by atoms with E-state index in [0.29, 0.717) is 0 Å². The van der Waals surface area contributed by atoms with Crippen LogP contribution in [0.4, 0.5) is 0 Å². The fourth-order valence-electron chi connectivity index (χ4n) is 2.29. The molecule has 1 aromatic rings. The van der Waals surface area contributed by atoms with Crippen molar-refractivity contribution in [3.05, 3.63) is 35.9 Å². The summed E-state index contributed by atoms with van der Waals surface area (Å²) in [5.41, 5.74) is 6.34. The molecular formula is C13H17NO. The van der Waals surface area contributed by atoms with Crippen molar-refractivity contribution >= 4 is 5.78 Å². The molecule has 1 aliphatic carbocycles. The lowest BCUT2D eigenvalue weighted by molar-refractivity contribution is 0.0848. The first kappa shape index (κ1) is 10.4. The number of benzene rings is 1. The molecule has 0 radical (unpaired) electrons. The minimum absolute atomic E-state index is 0.114. The molecule has 0 spiro atoms. The van der Waals surface area contributed by atoms with Crippen LogP contribution in [0.15, 0.2) is 30.3 Å². The Morgan fingerprint density at radius 2 is 1.67 bits per heavy atom. The highest BCUT2D eigenvalue weighted by atomic mass is 16.1. The van der Waals surface area contributed by atoms with E-state index in [1.165, 1.54) is 6.42 Å². The van der Waals surface area contributed by atoms with Crippen molar-refractivity contribution in [2.45, 2.75) is 37.6 Å². The van der Waals surface area contributed by atoms with Gasteiger partial charge in [-0.25, -0.2) is 0 Å². The zero-order chi connectivity index (χ0) is 10.7. The van der Waals surface area contributed by atoms with Crippen molar-refractivity contribution in [3.63, 3.8) is 0 Å². The molecule has 80 valence electrons. The van der Waals surface area contributed by atoms with Crippen LogP contribution in [-0.2, 0) is 0 Å². The first-order valence-corrected chi connectivity index (χ1v) is 5.61. The minimum atomic E-state index is -0.598. The summed E-state index contributed by atoms with van der Waals surface area (Å²) in [7, 11) is 0. The number of nitrogens with two attached hydrogens (primary N) is 1. The average Bonchev–Trinajstić information content (AvgIpc) is 2.30. The van der Waals surface area contributed by atoms with Crippen molar-refractivity contribution in [1.82, 2.24) is 0 Å². The van der Waals surface area contributed by atoms with E-state index in [-0.39, 0.29) is 5.78 Å². The molecule has 0 saturated heterocycles. The highest BCUT2D eigenvalue weighted by Gasteiger charge is 2.35. The van der Waals surface area contributed by atoms with Crippen molar-refractivity contribution < 1.29 is 4.79 Å². The van der Waals surface area contributed by atoms with Gasteiger partial charge in [0.15, 0.2) is 5.78 Å². The van der Waals surface area contributed by atoms with Crippen molar-refractivity contribution in [2.24, 2.45) is 5.73 Å². The molecule has 0 aliphatic heterocycles. The van der Waals surface area contributed by atoms with Crippen LogP contribution in [0, 0.1) is 0 Å². The molecule has 0 unspecified atom stereocenters. The molecule has 0 heterocycles. The third-order valence-electron chi connectivity index (χ3n) is 3.23. The molecule has 15 heavy (non-hydrogen) atoms. The summed E-state index contributed by atoms with van der Waals surface area (Å²) in [6, 6.07) is 9.40. The molecule has 2 nitrogen and oxygen atoms in total. The van der Waals surface area contributed by atoms with Gasteiger partial charge in [-0.2, -0.15) is 0 Å². The molecule has 2 rings (SSSR count). The Bertz CT molecular complexity index is 339. The summed E-state index contributed by atoms with van der Waals surface area (Å²) in [5, 5.41) is 0. The Labute approximate surface area is 90.5 Å². The molecular weight excluding hydrogens is 186 g/mol. The smallest absolute Gasteiger partial charge is 0.182 e. The zero-order valence-electron chi connectivity index (χ0n) is 8.91. The SMILES string of the molecule is NC1(C(=O)c2ccccc2)CCCCC1. The van der Waals surface area contributed by atoms with Crippen LogP contribution in [0.3, 0.4) is 0 Å². The lowest BCUT2D eigenvalue weighted by atomic mass is 9.77. The molecule has 1 aliphatic rings. The predicted molar refractivity (Wildman–Crippen MR) is 60.8 cm³/mol. The van der Waals surface area contributed by atoms with Gasteiger partial charge < -0.3 is 5.73 Å². The van der Waals surface area contributed by atoms with Crippen LogP contribution in [0.2, 0.25) is 0 Å². The van der Waals surface area contributed by atoms with E-state index in [4.69, 9.17) is 5.73 Å². The number of Topliss-reactive ketones (excluding diaryl/α,β-unsaturated/α-hetero) is 1. The maximum atomic E-state index is 12.2. The van der Waals surface area contributed by atoms with Gasteiger partial charge >= 0.3 is 0 Å². The highest BCUT2D eigenvalue weighted by Crippen LogP contribution is 2.28. The lowest BCUT2D eigenvalue weighted by Gasteiger charge is -2.31. The average molecular weight is 203 g/mol. The second-order valence-corrected chi connectivity index (χ2v) is 4.41. The van der Waals surface area contributed by atoms with E-state index in [9.17, 15) is 4.79 Å². The van der Waals surface area contributed by atoms with Gasteiger partial charge in [-0.1, -0.05) is 49.6 Å². The highest BCUT2D eigenvalue weighted by molar-refractivity contribution is 6.03. The van der Waals surface area contributed by atoms with Crippen LogP contribution < -0.4 is 5.73 Å². The number of hydrogen-bond acceptors (Lipinski definition) is 2. The molecule has 0 bridgehead atoms. The van der Waals surface area contributed by atoms with E-state index in [1.807, 2.05) is 30.3 Å². The Morgan fingerprint density at radius 1 is 1.07 bits per heavy atom. The van der Waals surface area contributed by atoms with Gasteiger partial charge in [0.2, 0.25) is 0 Å². The van der Waals surface area contributed by atoms with E-state index < -0.39 is 5.54 Å². The maximum absolute atomic E-state index is 12.2. The summed E-state index contributed by atoms with van der Waals surface area (Å²) >= 11 is 0. The molecule has 0 atom stereocenters. The first-order chi connectivity index (χ1) is 7.22. The molecule has 1 aromatic carbocycles. The Hall–Kier alpha value is -1.15. The minimum Gasteiger partial charge on any atom is -0.319 e. The maximum Gasteiger partial charge on any atom is 0.182 e. The third-order valence-corrected chi connectivity index (χ3v) is 3.23. The number of hydrogen-bond donors (Lipinski definition) is 1. The van der Waals surface area contributed by atoms with Crippen molar-refractivity contribution in [3.8, 4) is 0 Å². The van der Waals surface area contributed by atoms with Crippen LogP contribution in [0.1, 0.15) is 42.5 Å². The molecule has 0 aromatic heterocycles.